The van der Waals surface area contributed by atoms with E-state index in [1.165, 1.54) is 31.6 Å². The lowest BCUT2D eigenvalue weighted by Gasteiger charge is -2.36. The molecular weight excluding hydrogens is 477 g/mol. The molecule has 2 heterocycles. The number of aromatic nitrogens is 2. The highest BCUT2D eigenvalue weighted by atomic mass is 35.5. The average Bonchev–Trinajstić information content (AvgIpc) is 2.83. The third-order valence-corrected chi connectivity index (χ3v) is 5.77. The molecule has 1 amide bonds. The zero-order valence-corrected chi connectivity index (χ0v) is 19.8. The lowest BCUT2D eigenvalue weighted by molar-refractivity contribution is -0.202. The van der Waals surface area contributed by atoms with E-state index < -0.39 is 12.1 Å². The molecule has 1 aromatic heterocycles. The van der Waals surface area contributed by atoms with E-state index in [-0.39, 0.29) is 29.5 Å². The number of esters is 1. The molecule has 2 atom stereocenters. The van der Waals surface area contributed by atoms with Crippen LogP contribution in [-0.4, -0.2) is 59.3 Å². The first-order valence-corrected chi connectivity index (χ1v) is 11.1. The number of methoxy groups -OCH3 is 1. The summed E-state index contributed by atoms with van der Waals surface area (Å²) in [7, 11) is 1.48. The van der Waals surface area contributed by atoms with Gasteiger partial charge in [0.25, 0.3) is 0 Å². The highest BCUT2D eigenvalue weighted by molar-refractivity contribution is 6.31. The number of carbonyl (C=O) groups is 2. The normalized spacial score (nSPS) is 18.6. The van der Waals surface area contributed by atoms with E-state index in [1.54, 1.807) is 30.3 Å². The van der Waals surface area contributed by atoms with E-state index in [9.17, 15) is 14.0 Å². The Balaban J connectivity index is 1.44. The fourth-order valence-electron chi connectivity index (χ4n) is 3.65. The number of ether oxygens (including phenoxy) is 2. The Kier molecular flexibility index (Phi) is 7.54. The van der Waals surface area contributed by atoms with Crippen molar-refractivity contribution in [2.45, 2.75) is 19.3 Å². The van der Waals surface area contributed by atoms with Gasteiger partial charge in [0.2, 0.25) is 12.2 Å². The second-order valence-corrected chi connectivity index (χ2v) is 8.27. The summed E-state index contributed by atoms with van der Waals surface area (Å²) in [6.07, 6.45) is 3.83. The lowest BCUT2D eigenvalue weighted by Crippen LogP contribution is -2.52. The maximum absolute atomic E-state index is 13.5. The largest absolute Gasteiger partial charge is 0.433 e. The minimum absolute atomic E-state index is 0.0123. The van der Waals surface area contributed by atoms with Gasteiger partial charge in [0.1, 0.15) is 18.0 Å². The highest BCUT2D eigenvalue weighted by Crippen LogP contribution is 2.27. The molecule has 0 bridgehead atoms. The second kappa shape index (κ2) is 10.8. The van der Waals surface area contributed by atoms with Crippen molar-refractivity contribution in [3.8, 4) is 0 Å². The summed E-state index contributed by atoms with van der Waals surface area (Å²) in [6.45, 7) is 2.38. The van der Waals surface area contributed by atoms with Gasteiger partial charge < -0.3 is 20.1 Å². The predicted octanol–water partition coefficient (Wildman–Crippen LogP) is 3.88. The third-order valence-electron chi connectivity index (χ3n) is 5.48. The van der Waals surface area contributed by atoms with Gasteiger partial charge in [0.15, 0.2) is 0 Å². The SMILES string of the molecule is COC1OC(=O)CN(CC=CC(=O)Nc2ccc3ncnc(Nc4ccc(F)c(Cl)c4)c3c2)[C@H]1C. The summed E-state index contributed by atoms with van der Waals surface area (Å²) < 4.78 is 23.8. The molecule has 0 saturated carbocycles. The summed E-state index contributed by atoms with van der Waals surface area (Å²) in [5, 5.41) is 6.55. The summed E-state index contributed by atoms with van der Waals surface area (Å²) in [4.78, 5) is 34.6. The van der Waals surface area contributed by atoms with Crippen molar-refractivity contribution in [2.75, 3.05) is 30.8 Å². The summed E-state index contributed by atoms with van der Waals surface area (Å²) in [6, 6.07) is 9.33. The quantitative estimate of drug-likeness (QED) is 0.373. The predicted molar refractivity (Wildman–Crippen MR) is 130 cm³/mol. The van der Waals surface area contributed by atoms with Crippen LogP contribution in [0.4, 0.5) is 21.6 Å². The topological polar surface area (TPSA) is 106 Å². The number of hydrogen-bond acceptors (Lipinski definition) is 8. The molecule has 3 aromatic rings. The number of anilines is 3. The molecule has 182 valence electrons. The molecule has 4 rings (SSSR count). The number of halogens is 2. The Bertz CT molecular complexity index is 1290. The number of rotatable bonds is 7. The number of hydrogen-bond donors (Lipinski definition) is 2. The zero-order valence-electron chi connectivity index (χ0n) is 19.0. The minimum Gasteiger partial charge on any atom is -0.433 e. The van der Waals surface area contributed by atoms with Gasteiger partial charge in [-0.2, -0.15) is 0 Å². The summed E-state index contributed by atoms with van der Waals surface area (Å²) >= 11 is 5.87. The number of amides is 1. The van der Waals surface area contributed by atoms with Crippen molar-refractivity contribution < 1.29 is 23.5 Å². The molecule has 1 unspecified atom stereocenters. The van der Waals surface area contributed by atoms with Crippen molar-refractivity contribution in [3.63, 3.8) is 0 Å². The summed E-state index contributed by atoms with van der Waals surface area (Å²) in [5.74, 6) is -0.756. The fraction of sp³-hybridized carbons (Fsp3) is 0.250. The Morgan fingerprint density at radius 1 is 1.29 bits per heavy atom. The average molecular weight is 500 g/mol. The van der Waals surface area contributed by atoms with Crippen LogP contribution in [0.2, 0.25) is 5.02 Å². The van der Waals surface area contributed by atoms with Crippen LogP contribution in [0.3, 0.4) is 0 Å². The molecule has 2 N–H and O–H groups in total. The van der Waals surface area contributed by atoms with Gasteiger partial charge in [-0.15, -0.1) is 0 Å². The van der Waals surface area contributed by atoms with Crippen molar-refractivity contribution >= 4 is 51.6 Å². The van der Waals surface area contributed by atoms with Crippen LogP contribution in [0.25, 0.3) is 10.9 Å². The zero-order chi connectivity index (χ0) is 24.9. The number of benzene rings is 2. The molecule has 1 fully saturated rings. The maximum Gasteiger partial charge on any atom is 0.322 e. The molecule has 9 nitrogen and oxygen atoms in total. The van der Waals surface area contributed by atoms with Gasteiger partial charge in [-0.05, 0) is 43.3 Å². The van der Waals surface area contributed by atoms with E-state index in [1.807, 2.05) is 11.8 Å². The van der Waals surface area contributed by atoms with Gasteiger partial charge in [-0.3, -0.25) is 14.5 Å². The standard InChI is InChI=1S/C24H23ClFN5O4/c1-14-24(34-2)35-22(33)12-31(14)9-3-4-21(32)29-15-6-8-20-17(10-15)23(28-13-27-20)30-16-5-7-19(26)18(25)11-16/h3-8,10-11,13-14,24H,9,12H2,1-2H3,(H,29,32)(H,27,28,30)/t14-,24?/m0/s1. The highest BCUT2D eigenvalue weighted by Gasteiger charge is 2.33. The Hall–Kier alpha value is -3.60. The number of morpholine rings is 1. The van der Waals surface area contributed by atoms with Crippen LogP contribution in [-0.2, 0) is 19.1 Å². The van der Waals surface area contributed by atoms with E-state index >= 15 is 0 Å². The molecule has 1 saturated heterocycles. The molecule has 0 radical (unpaired) electrons. The monoisotopic (exact) mass is 499 g/mol. The first-order chi connectivity index (χ1) is 16.8. The van der Waals surface area contributed by atoms with Gasteiger partial charge in [-0.1, -0.05) is 17.7 Å². The van der Waals surface area contributed by atoms with Crippen LogP contribution in [0, 0.1) is 5.82 Å². The second-order valence-electron chi connectivity index (χ2n) is 7.86. The van der Waals surface area contributed by atoms with E-state index in [4.69, 9.17) is 21.1 Å². The Morgan fingerprint density at radius 2 is 2.09 bits per heavy atom. The number of cyclic esters (lactones) is 1. The minimum atomic E-state index is -0.646. The van der Waals surface area contributed by atoms with Crippen LogP contribution in [0.5, 0.6) is 0 Å². The van der Waals surface area contributed by atoms with E-state index in [0.717, 1.165) is 0 Å². The Morgan fingerprint density at radius 3 is 2.86 bits per heavy atom. The number of nitrogens with zero attached hydrogens (tertiary/aromatic N) is 3. The van der Waals surface area contributed by atoms with E-state index in [2.05, 4.69) is 20.6 Å². The molecule has 1 aliphatic heterocycles. The molecule has 1 aliphatic rings. The molecule has 2 aromatic carbocycles. The fourth-order valence-corrected chi connectivity index (χ4v) is 3.83. The molecular formula is C24H23ClFN5O4. The summed E-state index contributed by atoms with van der Waals surface area (Å²) in [5.41, 5.74) is 1.75. The first-order valence-electron chi connectivity index (χ1n) is 10.7. The van der Waals surface area contributed by atoms with Crippen LogP contribution in [0.1, 0.15) is 6.92 Å². The smallest absolute Gasteiger partial charge is 0.322 e. The number of nitrogens with one attached hydrogen (secondary N) is 2. The van der Waals surface area contributed by atoms with Crippen LogP contribution >= 0.6 is 11.6 Å². The first kappa shape index (κ1) is 24.5. The maximum atomic E-state index is 13.5. The molecule has 0 aliphatic carbocycles. The lowest BCUT2D eigenvalue weighted by atomic mass is 10.2. The van der Waals surface area contributed by atoms with Gasteiger partial charge in [0.05, 0.1) is 23.1 Å². The van der Waals surface area contributed by atoms with Crippen LogP contribution in [0.15, 0.2) is 54.9 Å². The number of fused-ring (bicyclic) bond motifs is 1. The molecule has 11 heteroatoms. The van der Waals surface area contributed by atoms with Crippen LogP contribution < -0.4 is 10.6 Å². The van der Waals surface area contributed by atoms with Crippen molar-refractivity contribution in [1.29, 1.82) is 0 Å². The van der Waals surface area contributed by atoms with E-state index in [0.29, 0.717) is 34.6 Å². The van der Waals surface area contributed by atoms with Crippen molar-refractivity contribution in [2.24, 2.45) is 0 Å². The molecule has 35 heavy (non-hydrogen) atoms. The van der Waals surface area contributed by atoms with Gasteiger partial charge in [0, 0.05) is 36.5 Å². The Labute approximate surface area is 205 Å². The third kappa shape index (κ3) is 5.91. The van der Waals surface area contributed by atoms with Gasteiger partial charge in [-0.25, -0.2) is 14.4 Å². The van der Waals surface area contributed by atoms with Gasteiger partial charge >= 0.3 is 5.97 Å². The molecule has 0 spiro atoms. The van der Waals surface area contributed by atoms with Crippen molar-refractivity contribution in [3.05, 3.63) is 65.7 Å². The van der Waals surface area contributed by atoms with Crippen molar-refractivity contribution in [1.82, 2.24) is 14.9 Å². The number of carbonyl (C=O) groups excluding carboxylic acids is 2.